The van der Waals surface area contributed by atoms with E-state index in [1.807, 2.05) is 61.5 Å². The number of hydrogen-bond donors (Lipinski definition) is 2. The molecule has 0 spiro atoms. The Labute approximate surface area is 223 Å². The molecule has 1 saturated heterocycles. The Hall–Kier alpha value is -4.07. The van der Waals surface area contributed by atoms with Crippen molar-refractivity contribution in [3.05, 3.63) is 93.6 Å². The van der Waals surface area contributed by atoms with Crippen LogP contribution in [0.3, 0.4) is 0 Å². The van der Waals surface area contributed by atoms with Crippen molar-refractivity contribution in [1.82, 2.24) is 0 Å². The lowest BCUT2D eigenvalue weighted by molar-refractivity contribution is -0.112. The first kappa shape index (κ1) is 27.0. The summed E-state index contributed by atoms with van der Waals surface area (Å²) in [6.45, 7) is 2.27. The second-order valence-electron chi connectivity index (χ2n) is 9.09. The fourth-order valence-corrected chi connectivity index (χ4v) is 4.77. The predicted molar refractivity (Wildman–Crippen MR) is 149 cm³/mol. The van der Waals surface area contributed by atoms with Crippen molar-refractivity contribution in [2.75, 3.05) is 39.3 Å². The fourth-order valence-electron chi connectivity index (χ4n) is 4.77. The summed E-state index contributed by atoms with van der Waals surface area (Å²) >= 11 is 0. The predicted octanol–water partition coefficient (Wildman–Crippen LogP) is 4.56. The molecule has 3 aromatic rings. The standard InChI is InChI=1S/C31H33NO6/c1-20-28(36-2)13-22(14-29(20)37-3)11-24-17-32(26-8-6-5-7-9-26)16-23(31(24)35)10-21-12-25(18-33)27(19-34)30(15-21)38-4/h5-15,33-34H,16-19H2,1-4H3/b23-10+,24-11+. The van der Waals surface area contributed by atoms with Gasteiger partial charge in [-0.1, -0.05) is 18.2 Å². The van der Waals surface area contributed by atoms with Crippen LogP contribution in [0.5, 0.6) is 17.2 Å². The van der Waals surface area contributed by atoms with E-state index in [1.165, 1.54) is 7.11 Å². The molecular weight excluding hydrogens is 482 g/mol. The molecule has 1 aliphatic rings. The highest BCUT2D eigenvalue weighted by molar-refractivity contribution is 6.15. The van der Waals surface area contributed by atoms with Crippen molar-refractivity contribution in [3.63, 3.8) is 0 Å². The third-order valence-corrected chi connectivity index (χ3v) is 6.76. The Morgan fingerprint density at radius 2 is 1.32 bits per heavy atom. The number of aliphatic hydroxyl groups excluding tert-OH is 2. The summed E-state index contributed by atoms with van der Waals surface area (Å²) in [5.41, 5.74) is 5.70. The number of methoxy groups -OCH3 is 3. The van der Waals surface area contributed by atoms with Crippen LogP contribution in [-0.4, -0.2) is 50.4 Å². The van der Waals surface area contributed by atoms with E-state index in [9.17, 15) is 15.0 Å². The Balaban J connectivity index is 1.82. The number of Topliss-reactive ketones (excluding diaryl/α,β-unsaturated/α-hetero) is 1. The number of ether oxygens (including phenoxy) is 3. The highest BCUT2D eigenvalue weighted by Gasteiger charge is 2.27. The van der Waals surface area contributed by atoms with Gasteiger partial charge in [-0.3, -0.25) is 4.79 Å². The highest BCUT2D eigenvalue weighted by Crippen LogP contribution is 2.33. The molecule has 0 bridgehead atoms. The first-order chi connectivity index (χ1) is 18.4. The lowest BCUT2D eigenvalue weighted by atomic mass is 9.92. The zero-order chi connectivity index (χ0) is 27.2. The zero-order valence-corrected chi connectivity index (χ0v) is 22.2. The summed E-state index contributed by atoms with van der Waals surface area (Å²) in [7, 11) is 4.74. The third kappa shape index (κ3) is 5.59. The summed E-state index contributed by atoms with van der Waals surface area (Å²) in [6, 6.07) is 17.3. The number of aliphatic hydroxyl groups is 2. The molecule has 0 aromatic heterocycles. The second-order valence-corrected chi connectivity index (χ2v) is 9.09. The number of ketones is 1. The third-order valence-electron chi connectivity index (χ3n) is 6.76. The van der Waals surface area contributed by atoms with E-state index >= 15 is 0 Å². The van der Waals surface area contributed by atoms with Gasteiger partial charge in [0, 0.05) is 41.1 Å². The molecule has 0 saturated carbocycles. The molecule has 0 unspecified atom stereocenters. The van der Waals surface area contributed by atoms with Crippen LogP contribution < -0.4 is 19.1 Å². The molecule has 1 heterocycles. The van der Waals surface area contributed by atoms with Gasteiger partial charge in [0.05, 0.1) is 34.5 Å². The summed E-state index contributed by atoms with van der Waals surface area (Å²) in [6.07, 6.45) is 3.70. The summed E-state index contributed by atoms with van der Waals surface area (Å²) in [4.78, 5) is 15.9. The number of piperidine rings is 1. The Morgan fingerprint density at radius 3 is 1.82 bits per heavy atom. The maximum Gasteiger partial charge on any atom is 0.188 e. The van der Waals surface area contributed by atoms with E-state index < -0.39 is 0 Å². The van der Waals surface area contributed by atoms with Gasteiger partial charge in [0.2, 0.25) is 0 Å². The van der Waals surface area contributed by atoms with Crippen LogP contribution in [-0.2, 0) is 18.0 Å². The topological polar surface area (TPSA) is 88.5 Å². The van der Waals surface area contributed by atoms with Crippen LogP contribution in [0.15, 0.2) is 65.7 Å². The van der Waals surface area contributed by atoms with Gasteiger partial charge in [-0.15, -0.1) is 0 Å². The Bertz CT molecular complexity index is 1330. The van der Waals surface area contributed by atoms with Gasteiger partial charge in [0.15, 0.2) is 5.78 Å². The molecule has 0 amide bonds. The van der Waals surface area contributed by atoms with Crippen LogP contribution in [0.1, 0.15) is 27.8 Å². The number of hydrogen-bond acceptors (Lipinski definition) is 7. The normalized spacial score (nSPS) is 15.7. The van der Waals surface area contributed by atoms with Gasteiger partial charge in [0.25, 0.3) is 0 Å². The van der Waals surface area contributed by atoms with E-state index in [4.69, 9.17) is 14.2 Å². The van der Waals surface area contributed by atoms with Gasteiger partial charge in [0.1, 0.15) is 17.2 Å². The molecule has 4 rings (SSSR count). The summed E-state index contributed by atoms with van der Waals surface area (Å²) in [5, 5.41) is 19.6. The minimum absolute atomic E-state index is 0.0635. The monoisotopic (exact) mass is 515 g/mol. The Kier molecular flexibility index (Phi) is 8.51. The van der Waals surface area contributed by atoms with E-state index in [1.54, 1.807) is 26.4 Å². The number of rotatable bonds is 8. The number of benzene rings is 3. The molecule has 7 heteroatoms. The molecule has 1 aliphatic heterocycles. The molecule has 7 nitrogen and oxygen atoms in total. The summed E-state index contributed by atoms with van der Waals surface area (Å²) in [5.74, 6) is 1.76. The lowest BCUT2D eigenvalue weighted by Gasteiger charge is -2.32. The van der Waals surface area contributed by atoms with Gasteiger partial charge < -0.3 is 29.3 Å². The first-order valence-corrected chi connectivity index (χ1v) is 12.3. The molecule has 38 heavy (non-hydrogen) atoms. The van der Waals surface area contributed by atoms with Crippen molar-refractivity contribution in [1.29, 1.82) is 0 Å². The summed E-state index contributed by atoms with van der Waals surface area (Å²) < 4.78 is 16.5. The van der Waals surface area contributed by atoms with Crippen LogP contribution in [0.25, 0.3) is 12.2 Å². The van der Waals surface area contributed by atoms with Crippen molar-refractivity contribution >= 4 is 23.6 Å². The van der Waals surface area contributed by atoms with Crippen molar-refractivity contribution in [2.45, 2.75) is 20.1 Å². The molecule has 3 aromatic carbocycles. The number of anilines is 1. The quantitative estimate of drug-likeness (QED) is 0.425. The highest BCUT2D eigenvalue weighted by atomic mass is 16.5. The largest absolute Gasteiger partial charge is 0.496 e. The van der Waals surface area contributed by atoms with Crippen LogP contribution in [0.4, 0.5) is 5.69 Å². The minimum atomic E-state index is -0.257. The zero-order valence-electron chi connectivity index (χ0n) is 22.2. The molecule has 1 fully saturated rings. The van der Waals surface area contributed by atoms with Gasteiger partial charge in [-0.05, 0) is 72.2 Å². The van der Waals surface area contributed by atoms with Crippen molar-refractivity contribution in [2.24, 2.45) is 0 Å². The van der Waals surface area contributed by atoms with Crippen LogP contribution >= 0.6 is 0 Å². The number of carbonyl (C=O) groups excluding carboxylic acids is 1. The average molecular weight is 516 g/mol. The average Bonchev–Trinajstić information content (AvgIpc) is 2.95. The van der Waals surface area contributed by atoms with Crippen LogP contribution in [0, 0.1) is 6.92 Å². The maximum atomic E-state index is 13.8. The molecule has 0 aliphatic carbocycles. The second kappa shape index (κ2) is 12.0. The molecule has 0 radical (unpaired) electrons. The van der Waals surface area contributed by atoms with E-state index in [0.29, 0.717) is 58.2 Å². The molecule has 0 atom stereocenters. The number of nitrogens with zero attached hydrogens (tertiary/aromatic N) is 1. The fraction of sp³-hybridized carbons (Fsp3) is 0.258. The van der Waals surface area contributed by atoms with Crippen LogP contribution in [0.2, 0.25) is 0 Å². The smallest absolute Gasteiger partial charge is 0.188 e. The van der Waals surface area contributed by atoms with Gasteiger partial charge in [-0.25, -0.2) is 0 Å². The van der Waals surface area contributed by atoms with Gasteiger partial charge in [-0.2, -0.15) is 0 Å². The lowest BCUT2D eigenvalue weighted by Crippen LogP contribution is -2.37. The minimum Gasteiger partial charge on any atom is -0.496 e. The van der Waals surface area contributed by atoms with E-state index in [2.05, 4.69) is 4.90 Å². The van der Waals surface area contributed by atoms with E-state index in [-0.39, 0.29) is 19.0 Å². The first-order valence-electron chi connectivity index (χ1n) is 12.3. The molecular formula is C31H33NO6. The van der Waals surface area contributed by atoms with Gasteiger partial charge >= 0.3 is 0 Å². The van der Waals surface area contributed by atoms with E-state index in [0.717, 1.165) is 16.8 Å². The maximum absolute atomic E-state index is 13.8. The Morgan fingerprint density at radius 1 is 0.789 bits per heavy atom. The SMILES string of the molecule is COc1cc(/C=C2\CN(c3ccccc3)C/C(=C\c3cc(CO)c(CO)c(OC)c3)C2=O)cc(OC)c1C. The number of para-hydroxylation sites is 1. The van der Waals surface area contributed by atoms with Crippen molar-refractivity contribution in [3.8, 4) is 17.2 Å². The molecule has 198 valence electrons. The van der Waals surface area contributed by atoms with Crippen molar-refractivity contribution < 1.29 is 29.2 Å². The molecule has 2 N–H and O–H groups in total. The number of carbonyl (C=O) groups is 1.